The van der Waals surface area contributed by atoms with Crippen molar-refractivity contribution in [1.29, 1.82) is 0 Å². The number of hydrogen-bond donors (Lipinski definition) is 1. The van der Waals surface area contributed by atoms with Crippen molar-refractivity contribution in [2.24, 2.45) is 0 Å². The summed E-state index contributed by atoms with van der Waals surface area (Å²) in [6.07, 6.45) is 2.19. The van der Waals surface area contributed by atoms with Gasteiger partial charge in [-0.1, -0.05) is 0 Å². The number of carboxylic acid groups (broad SMARTS) is 1. The Balaban J connectivity index is 1.56. The molecule has 10 nitrogen and oxygen atoms in total. The first-order valence-corrected chi connectivity index (χ1v) is 12.1. The topological polar surface area (TPSA) is 120 Å². The van der Waals surface area contributed by atoms with Gasteiger partial charge in [-0.25, -0.2) is 17.8 Å². The summed E-state index contributed by atoms with van der Waals surface area (Å²) in [5.41, 5.74) is 0. The largest absolute Gasteiger partial charge is 0.480 e. The number of fused-ring (bicyclic) bond motifs is 2. The zero-order valence-electron chi connectivity index (χ0n) is 18.7. The molecule has 1 amide bonds. The molecule has 0 saturated carbocycles. The van der Waals surface area contributed by atoms with Crippen molar-refractivity contribution in [3.05, 3.63) is 48.4 Å². The molecule has 34 heavy (non-hydrogen) atoms. The van der Waals surface area contributed by atoms with Crippen LogP contribution in [0.5, 0.6) is 11.6 Å². The van der Waals surface area contributed by atoms with E-state index in [1.807, 2.05) is 4.90 Å². The number of carbonyl (C=O) groups is 2. The van der Waals surface area contributed by atoms with Gasteiger partial charge in [-0.15, -0.1) is 0 Å². The van der Waals surface area contributed by atoms with E-state index in [0.29, 0.717) is 18.6 Å². The van der Waals surface area contributed by atoms with E-state index in [1.54, 1.807) is 14.1 Å². The number of likely N-dealkylation sites (N-methyl/N-ethyl adjacent to an activating group) is 1. The van der Waals surface area contributed by atoms with Gasteiger partial charge in [0.05, 0.1) is 12.7 Å². The third-order valence-electron chi connectivity index (χ3n) is 6.18. The zero-order valence-corrected chi connectivity index (χ0v) is 19.5. The average Bonchev–Trinajstić information content (AvgIpc) is 3.04. The molecule has 1 aromatic heterocycles. The van der Waals surface area contributed by atoms with E-state index in [-0.39, 0.29) is 35.8 Å². The Morgan fingerprint density at radius 2 is 1.88 bits per heavy atom. The summed E-state index contributed by atoms with van der Waals surface area (Å²) < 4.78 is 46.4. The highest BCUT2D eigenvalue weighted by Crippen LogP contribution is 2.37. The summed E-state index contributed by atoms with van der Waals surface area (Å²) in [5.74, 6) is -1.42. The van der Waals surface area contributed by atoms with Gasteiger partial charge in [0.25, 0.3) is 0 Å². The number of aromatic nitrogens is 1. The highest BCUT2D eigenvalue weighted by atomic mass is 32.2. The second kappa shape index (κ2) is 9.28. The molecule has 0 spiro atoms. The number of benzene rings is 1. The van der Waals surface area contributed by atoms with Gasteiger partial charge >= 0.3 is 5.97 Å². The SMILES string of the molecule is CN(C)C(=O)CN1[C@@H]2CC[C@H]1[C@@H](C(=O)O)N(S(=O)(=O)c1ccc(Oc3ccc(F)cc3)nc1)C2. The number of ether oxygens (including phenoxy) is 1. The fraction of sp³-hybridized carbons (Fsp3) is 0.409. The maximum absolute atomic E-state index is 13.4. The van der Waals surface area contributed by atoms with Crippen molar-refractivity contribution in [2.75, 3.05) is 27.2 Å². The fourth-order valence-electron chi connectivity index (χ4n) is 4.43. The molecular formula is C22H25FN4O6S. The van der Waals surface area contributed by atoms with Crippen molar-refractivity contribution in [1.82, 2.24) is 19.1 Å². The molecule has 4 rings (SSSR count). The van der Waals surface area contributed by atoms with Gasteiger partial charge in [0, 0.05) is 38.8 Å². The van der Waals surface area contributed by atoms with Crippen LogP contribution in [0.2, 0.25) is 0 Å². The number of sulfonamides is 1. The summed E-state index contributed by atoms with van der Waals surface area (Å²) in [6.45, 7) is 0.00131. The molecule has 2 aromatic rings. The number of amides is 1. The number of carbonyl (C=O) groups excluding carboxylic acids is 1. The average molecular weight is 493 g/mol. The van der Waals surface area contributed by atoms with Crippen LogP contribution in [-0.2, 0) is 19.6 Å². The Bertz CT molecular complexity index is 1170. The minimum absolute atomic E-state index is 0.0374. The van der Waals surface area contributed by atoms with E-state index in [1.165, 1.54) is 41.3 Å². The minimum atomic E-state index is -4.18. The lowest BCUT2D eigenvalue weighted by Gasteiger charge is -2.44. The summed E-state index contributed by atoms with van der Waals surface area (Å²) in [4.78, 5) is 31.5. The molecule has 3 heterocycles. The normalized spacial score (nSPS) is 23.0. The van der Waals surface area contributed by atoms with Crippen LogP contribution in [0, 0.1) is 5.82 Å². The molecule has 2 aliphatic rings. The number of piperazine rings is 1. The molecule has 2 saturated heterocycles. The monoisotopic (exact) mass is 492 g/mol. The molecule has 3 atom stereocenters. The van der Waals surface area contributed by atoms with Crippen LogP contribution < -0.4 is 4.74 Å². The molecule has 12 heteroatoms. The summed E-state index contributed by atoms with van der Waals surface area (Å²) in [7, 11) is -0.940. The van der Waals surface area contributed by atoms with E-state index in [2.05, 4.69) is 4.98 Å². The fourth-order valence-corrected chi connectivity index (χ4v) is 6.03. The maximum atomic E-state index is 13.4. The second-order valence-electron chi connectivity index (χ2n) is 8.50. The Morgan fingerprint density at radius 3 is 2.47 bits per heavy atom. The third-order valence-corrected chi connectivity index (χ3v) is 8.01. The molecular weight excluding hydrogens is 467 g/mol. The highest BCUT2D eigenvalue weighted by Gasteiger charge is 2.53. The van der Waals surface area contributed by atoms with E-state index in [9.17, 15) is 27.5 Å². The molecule has 1 aromatic carbocycles. The molecule has 0 unspecified atom stereocenters. The third kappa shape index (κ3) is 4.61. The van der Waals surface area contributed by atoms with Crippen molar-refractivity contribution < 1.29 is 32.2 Å². The van der Waals surface area contributed by atoms with Gasteiger partial charge in [-0.2, -0.15) is 4.31 Å². The predicted octanol–water partition coefficient (Wildman–Crippen LogP) is 1.39. The van der Waals surface area contributed by atoms with Gasteiger partial charge in [0.2, 0.25) is 21.8 Å². The number of carboxylic acids is 1. The van der Waals surface area contributed by atoms with Gasteiger partial charge in [-0.3, -0.25) is 14.5 Å². The van der Waals surface area contributed by atoms with Crippen molar-refractivity contribution in [2.45, 2.75) is 35.9 Å². The van der Waals surface area contributed by atoms with Crippen LogP contribution in [0.3, 0.4) is 0 Å². The van der Waals surface area contributed by atoms with Crippen molar-refractivity contribution in [3.63, 3.8) is 0 Å². The van der Waals surface area contributed by atoms with Crippen LogP contribution in [0.15, 0.2) is 47.5 Å². The Labute approximate surface area is 196 Å². The van der Waals surface area contributed by atoms with Crippen LogP contribution in [0.4, 0.5) is 4.39 Å². The van der Waals surface area contributed by atoms with E-state index in [4.69, 9.17) is 4.74 Å². The molecule has 0 aliphatic carbocycles. The van der Waals surface area contributed by atoms with E-state index < -0.39 is 33.9 Å². The molecule has 1 N–H and O–H groups in total. The predicted molar refractivity (Wildman–Crippen MR) is 118 cm³/mol. The lowest BCUT2D eigenvalue weighted by atomic mass is 10.1. The smallest absolute Gasteiger partial charge is 0.323 e. The summed E-state index contributed by atoms with van der Waals surface area (Å²) in [5, 5.41) is 9.94. The Hall–Kier alpha value is -3.09. The highest BCUT2D eigenvalue weighted by molar-refractivity contribution is 7.89. The number of nitrogens with zero attached hydrogens (tertiary/aromatic N) is 4. The molecule has 0 radical (unpaired) electrons. The first kappa shape index (κ1) is 24.0. The van der Waals surface area contributed by atoms with Crippen molar-refractivity contribution >= 4 is 21.9 Å². The summed E-state index contributed by atoms with van der Waals surface area (Å²) >= 11 is 0. The molecule has 2 bridgehead atoms. The van der Waals surface area contributed by atoms with E-state index >= 15 is 0 Å². The number of aliphatic carboxylic acids is 1. The van der Waals surface area contributed by atoms with Crippen LogP contribution in [-0.4, -0.2) is 89.8 Å². The van der Waals surface area contributed by atoms with Gasteiger partial charge in [-0.05, 0) is 43.2 Å². The standard InChI is InChI=1S/C22H25FN4O6S/c1-25(2)20(28)13-26-15-5-9-18(26)21(22(29)30)27(12-15)34(31,32)17-8-10-19(24-11-17)33-16-6-3-14(23)4-7-16/h3-4,6-8,10-11,15,18,21H,5,9,12-13H2,1-2H3,(H,29,30)/t15-,18+,21+/m1/s1. The lowest BCUT2D eigenvalue weighted by molar-refractivity contribution is -0.147. The van der Waals surface area contributed by atoms with Crippen LogP contribution in [0.1, 0.15) is 12.8 Å². The minimum Gasteiger partial charge on any atom is -0.480 e. The number of halogens is 1. The second-order valence-corrected chi connectivity index (χ2v) is 10.4. The van der Waals surface area contributed by atoms with Crippen LogP contribution in [0.25, 0.3) is 0 Å². The molecule has 2 fully saturated rings. The van der Waals surface area contributed by atoms with E-state index in [0.717, 1.165) is 10.5 Å². The first-order valence-electron chi connectivity index (χ1n) is 10.7. The molecule has 182 valence electrons. The number of rotatable bonds is 7. The number of pyridine rings is 1. The van der Waals surface area contributed by atoms with Gasteiger partial charge < -0.3 is 14.7 Å². The van der Waals surface area contributed by atoms with Gasteiger partial charge in [0.15, 0.2) is 0 Å². The zero-order chi connectivity index (χ0) is 24.6. The maximum Gasteiger partial charge on any atom is 0.323 e. The first-order chi connectivity index (χ1) is 16.1. The Kier molecular flexibility index (Phi) is 6.56. The van der Waals surface area contributed by atoms with Crippen LogP contribution >= 0.6 is 0 Å². The van der Waals surface area contributed by atoms with Crippen molar-refractivity contribution in [3.8, 4) is 11.6 Å². The quantitative estimate of drug-likeness (QED) is 0.616. The number of hydrogen-bond acceptors (Lipinski definition) is 7. The molecule has 2 aliphatic heterocycles. The lowest BCUT2D eigenvalue weighted by Crippen LogP contribution is -2.64. The summed E-state index contributed by atoms with van der Waals surface area (Å²) in [6, 6.07) is 5.73. The van der Waals surface area contributed by atoms with Gasteiger partial charge in [0.1, 0.15) is 22.5 Å². The Morgan fingerprint density at radius 1 is 1.18 bits per heavy atom.